The summed E-state index contributed by atoms with van der Waals surface area (Å²) in [6, 6.07) is 11.9. The van der Waals surface area contributed by atoms with Crippen molar-refractivity contribution >= 4 is 45.8 Å². The van der Waals surface area contributed by atoms with Crippen molar-refractivity contribution < 1.29 is 19.1 Å². The monoisotopic (exact) mass is 384 g/mol. The second-order valence-electron chi connectivity index (χ2n) is 5.62. The number of rotatable bonds is 5. The zero-order chi connectivity index (χ0) is 19.4. The van der Waals surface area contributed by atoms with E-state index < -0.39 is 11.9 Å². The molecule has 0 atom stereocenters. The summed E-state index contributed by atoms with van der Waals surface area (Å²) in [6.45, 7) is 1.99. The van der Waals surface area contributed by atoms with Crippen LogP contribution >= 0.6 is 11.6 Å². The van der Waals surface area contributed by atoms with Crippen LogP contribution in [0, 0.1) is 0 Å². The van der Waals surface area contributed by atoms with Gasteiger partial charge in [0.2, 0.25) is 0 Å². The molecular weight excluding hydrogens is 368 g/mol. The van der Waals surface area contributed by atoms with Crippen LogP contribution in [0.4, 0.5) is 11.4 Å². The van der Waals surface area contributed by atoms with Gasteiger partial charge in [0.15, 0.2) is 0 Å². The summed E-state index contributed by atoms with van der Waals surface area (Å²) >= 11 is 6.14. The molecule has 3 rings (SSSR count). The average Bonchev–Trinajstić information content (AvgIpc) is 2.68. The Morgan fingerprint density at radius 1 is 1.11 bits per heavy atom. The van der Waals surface area contributed by atoms with Crippen molar-refractivity contribution in [3.05, 3.63) is 64.8 Å². The molecule has 2 aromatic carbocycles. The Hall–Kier alpha value is -3.12. The van der Waals surface area contributed by atoms with Gasteiger partial charge in [0.25, 0.3) is 0 Å². The number of methoxy groups -OCH3 is 1. The lowest BCUT2D eigenvalue weighted by Crippen LogP contribution is -2.09. The maximum atomic E-state index is 12.4. The van der Waals surface area contributed by atoms with Crippen LogP contribution in [0.25, 0.3) is 10.9 Å². The molecule has 0 aliphatic rings. The van der Waals surface area contributed by atoms with Gasteiger partial charge in [-0.3, -0.25) is 4.98 Å². The number of hydrogen-bond donors (Lipinski definition) is 1. The minimum Gasteiger partial charge on any atom is -0.465 e. The van der Waals surface area contributed by atoms with E-state index in [4.69, 9.17) is 21.1 Å². The van der Waals surface area contributed by atoms with Gasteiger partial charge >= 0.3 is 11.9 Å². The molecule has 0 aliphatic carbocycles. The van der Waals surface area contributed by atoms with Crippen LogP contribution in [0.1, 0.15) is 27.6 Å². The summed E-state index contributed by atoms with van der Waals surface area (Å²) in [5.41, 5.74) is 2.62. The van der Waals surface area contributed by atoms with E-state index in [1.807, 2.05) is 0 Å². The number of nitrogens with one attached hydrogen (secondary N) is 1. The number of esters is 2. The maximum Gasteiger partial charge on any atom is 0.341 e. The highest BCUT2D eigenvalue weighted by atomic mass is 35.5. The van der Waals surface area contributed by atoms with Gasteiger partial charge in [-0.1, -0.05) is 11.6 Å². The molecule has 0 fully saturated rings. The summed E-state index contributed by atoms with van der Waals surface area (Å²) in [5, 5.41) is 4.42. The molecule has 0 spiro atoms. The molecule has 0 saturated carbocycles. The SMILES string of the molecule is CCOC(=O)c1cnc2ccc(Cl)cc2c1Nc1ccc(C(=O)OC)cc1. The molecule has 1 heterocycles. The van der Waals surface area contributed by atoms with Gasteiger partial charge in [-0.2, -0.15) is 0 Å². The van der Waals surface area contributed by atoms with Gasteiger partial charge < -0.3 is 14.8 Å². The Morgan fingerprint density at radius 2 is 1.85 bits per heavy atom. The lowest BCUT2D eigenvalue weighted by molar-refractivity contribution is 0.0526. The quantitative estimate of drug-likeness (QED) is 0.648. The molecule has 0 amide bonds. The average molecular weight is 385 g/mol. The van der Waals surface area contributed by atoms with E-state index >= 15 is 0 Å². The minimum atomic E-state index is -0.486. The summed E-state index contributed by atoms with van der Waals surface area (Å²) < 4.78 is 9.84. The van der Waals surface area contributed by atoms with Crippen LogP contribution in [0.15, 0.2) is 48.7 Å². The number of nitrogens with zero attached hydrogens (tertiary/aromatic N) is 1. The third-order valence-electron chi connectivity index (χ3n) is 3.90. The largest absolute Gasteiger partial charge is 0.465 e. The van der Waals surface area contributed by atoms with Crippen molar-refractivity contribution in [3.8, 4) is 0 Å². The van der Waals surface area contributed by atoms with Crippen LogP contribution in [0.2, 0.25) is 5.02 Å². The fourth-order valence-electron chi connectivity index (χ4n) is 2.61. The Kier molecular flexibility index (Phi) is 5.57. The lowest BCUT2D eigenvalue weighted by Gasteiger charge is -2.14. The zero-order valence-electron chi connectivity index (χ0n) is 14.8. The van der Waals surface area contributed by atoms with Crippen molar-refractivity contribution in [2.45, 2.75) is 6.92 Å². The van der Waals surface area contributed by atoms with Gasteiger partial charge in [-0.15, -0.1) is 0 Å². The highest BCUT2D eigenvalue weighted by molar-refractivity contribution is 6.31. The smallest absolute Gasteiger partial charge is 0.341 e. The van der Waals surface area contributed by atoms with Crippen molar-refractivity contribution in [2.24, 2.45) is 0 Å². The first-order chi connectivity index (χ1) is 13.0. The summed E-state index contributed by atoms with van der Waals surface area (Å²) in [6.07, 6.45) is 1.47. The molecule has 6 nitrogen and oxygen atoms in total. The normalized spacial score (nSPS) is 10.5. The standard InChI is InChI=1S/C20H17ClN2O4/c1-3-27-20(25)16-11-22-17-9-6-13(21)10-15(17)18(16)23-14-7-4-12(5-8-14)19(24)26-2/h4-11H,3H2,1-2H3,(H,22,23). The van der Waals surface area contributed by atoms with Gasteiger partial charge in [0.05, 0.1) is 30.5 Å². The Bertz CT molecular complexity index is 1000. The molecule has 138 valence electrons. The number of fused-ring (bicyclic) bond motifs is 1. The second kappa shape index (κ2) is 8.05. The molecule has 0 aliphatic heterocycles. The first-order valence-electron chi connectivity index (χ1n) is 8.24. The first kappa shape index (κ1) is 18.7. The van der Waals surface area contributed by atoms with Gasteiger partial charge in [-0.25, -0.2) is 9.59 Å². The van der Waals surface area contributed by atoms with Gasteiger partial charge in [0.1, 0.15) is 5.56 Å². The third kappa shape index (κ3) is 4.01. The molecule has 1 aromatic heterocycles. The highest BCUT2D eigenvalue weighted by Gasteiger charge is 2.17. The Morgan fingerprint density at radius 3 is 2.52 bits per heavy atom. The summed E-state index contributed by atoms with van der Waals surface area (Å²) in [7, 11) is 1.33. The predicted molar refractivity (Wildman–Crippen MR) is 104 cm³/mol. The molecule has 3 aromatic rings. The molecule has 0 radical (unpaired) electrons. The van der Waals surface area contributed by atoms with Crippen molar-refractivity contribution in [2.75, 3.05) is 19.0 Å². The fraction of sp³-hybridized carbons (Fsp3) is 0.150. The van der Waals surface area contributed by atoms with Crippen molar-refractivity contribution in [1.29, 1.82) is 0 Å². The van der Waals surface area contributed by atoms with Crippen LogP contribution < -0.4 is 5.32 Å². The van der Waals surface area contributed by atoms with E-state index in [2.05, 4.69) is 10.3 Å². The van der Waals surface area contributed by atoms with Crippen LogP contribution in [0.3, 0.4) is 0 Å². The molecule has 0 saturated heterocycles. The number of carbonyl (C=O) groups excluding carboxylic acids is 2. The number of halogens is 1. The number of aromatic nitrogens is 1. The van der Waals surface area contributed by atoms with Gasteiger partial charge in [-0.05, 0) is 49.4 Å². The maximum absolute atomic E-state index is 12.4. The lowest BCUT2D eigenvalue weighted by atomic mass is 10.1. The molecule has 0 bridgehead atoms. The minimum absolute atomic E-state index is 0.250. The van der Waals surface area contributed by atoms with Crippen LogP contribution in [0.5, 0.6) is 0 Å². The molecule has 0 unspecified atom stereocenters. The van der Waals surface area contributed by atoms with E-state index in [9.17, 15) is 9.59 Å². The highest BCUT2D eigenvalue weighted by Crippen LogP contribution is 2.31. The number of anilines is 2. The predicted octanol–water partition coefficient (Wildman–Crippen LogP) is 4.60. The van der Waals surface area contributed by atoms with E-state index in [-0.39, 0.29) is 6.61 Å². The third-order valence-corrected chi connectivity index (χ3v) is 4.14. The molecule has 27 heavy (non-hydrogen) atoms. The number of hydrogen-bond acceptors (Lipinski definition) is 6. The summed E-state index contributed by atoms with van der Waals surface area (Å²) in [5.74, 6) is -0.907. The van der Waals surface area contributed by atoms with E-state index in [0.717, 1.165) is 0 Å². The second-order valence-corrected chi connectivity index (χ2v) is 6.06. The zero-order valence-corrected chi connectivity index (χ0v) is 15.5. The molecule has 1 N–H and O–H groups in total. The Labute approximate surface area is 161 Å². The Balaban J connectivity index is 2.07. The topological polar surface area (TPSA) is 77.5 Å². The van der Waals surface area contributed by atoms with E-state index in [1.54, 1.807) is 49.4 Å². The number of pyridine rings is 1. The first-order valence-corrected chi connectivity index (χ1v) is 8.62. The van der Waals surface area contributed by atoms with Crippen LogP contribution in [-0.4, -0.2) is 30.6 Å². The molecular formula is C20H17ClN2O4. The van der Waals surface area contributed by atoms with Gasteiger partial charge in [0, 0.05) is 22.3 Å². The fourth-order valence-corrected chi connectivity index (χ4v) is 2.79. The van der Waals surface area contributed by atoms with Crippen molar-refractivity contribution in [1.82, 2.24) is 4.98 Å². The number of benzene rings is 2. The van der Waals surface area contributed by atoms with Crippen LogP contribution in [-0.2, 0) is 9.47 Å². The van der Waals surface area contributed by atoms with E-state index in [1.165, 1.54) is 13.3 Å². The number of carbonyl (C=O) groups is 2. The number of ether oxygens (including phenoxy) is 2. The molecule has 7 heteroatoms. The summed E-state index contributed by atoms with van der Waals surface area (Å²) in [4.78, 5) is 28.3. The van der Waals surface area contributed by atoms with E-state index in [0.29, 0.717) is 38.4 Å². The van der Waals surface area contributed by atoms with Crippen molar-refractivity contribution in [3.63, 3.8) is 0 Å².